The van der Waals surface area contributed by atoms with E-state index in [1.54, 1.807) is 4.57 Å². The molecule has 0 bridgehead atoms. The van der Waals surface area contributed by atoms with Crippen LogP contribution in [0.4, 0.5) is 4.39 Å². The molecule has 0 spiro atoms. The van der Waals surface area contributed by atoms with Crippen molar-refractivity contribution >= 4 is 5.97 Å². The lowest BCUT2D eigenvalue weighted by Crippen LogP contribution is -2.24. The molecule has 1 aromatic carbocycles. The summed E-state index contributed by atoms with van der Waals surface area (Å²) in [6.07, 6.45) is 2.74. The van der Waals surface area contributed by atoms with Crippen LogP contribution in [0.2, 0.25) is 0 Å². The van der Waals surface area contributed by atoms with Gasteiger partial charge < -0.3 is 9.67 Å². The van der Waals surface area contributed by atoms with Crippen LogP contribution < -0.4 is 5.56 Å². The van der Waals surface area contributed by atoms with Crippen LogP contribution in [-0.4, -0.2) is 15.6 Å². The second-order valence-electron chi connectivity index (χ2n) is 5.19. The van der Waals surface area contributed by atoms with Crippen molar-refractivity contribution < 1.29 is 14.3 Å². The van der Waals surface area contributed by atoms with Gasteiger partial charge in [0.05, 0.1) is 12.1 Å². The molecular formula is C16H14FNO3. The van der Waals surface area contributed by atoms with Crippen molar-refractivity contribution in [3.63, 3.8) is 0 Å². The molecule has 0 atom stereocenters. The molecule has 1 N–H and O–H groups in total. The Morgan fingerprint density at radius 2 is 2.05 bits per heavy atom. The Hall–Kier alpha value is -2.43. The van der Waals surface area contributed by atoms with Gasteiger partial charge in [-0.2, -0.15) is 0 Å². The molecule has 2 aromatic rings. The number of rotatable bonds is 3. The third-order valence-electron chi connectivity index (χ3n) is 3.88. The van der Waals surface area contributed by atoms with Crippen LogP contribution in [0.25, 0.3) is 0 Å². The van der Waals surface area contributed by atoms with Crippen LogP contribution in [0.15, 0.2) is 35.1 Å². The molecule has 1 heterocycles. The highest BCUT2D eigenvalue weighted by Gasteiger charge is 2.18. The van der Waals surface area contributed by atoms with Crippen LogP contribution in [0.1, 0.15) is 33.6 Å². The average molecular weight is 287 g/mol. The molecule has 1 aromatic heterocycles. The standard InChI is InChI=1S/C16H14FNO3/c17-12-6-4-11(13(8-12)16(20)21)9-18-14-3-1-2-10(14)5-7-15(18)19/h4-8H,1-3,9H2,(H,20,21). The van der Waals surface area contributed by atoms with Crippen molar-refractivity contribution in [1.82, 2.24) is 4.57 Å². The molecule has 4 nitrogen and oxygen atoms in total. The zero-order valence-electron chi connectivity index (χ0n) is 11.3. The van der Waals surface area contributed by atoms with Crippen molar-refractivity contribution in [2.24, 2.45) is 0 Å². The first-order chi connectivity index (χ1) is 10.1. The first-order valence-corrected chi connectivity index (χ1v) is 6.79. The number of hydrogen-bond acceptors (Lipinski definition) is 2. The number of hydrogen-bond donors (Lipinski definition) is 1. The van der Waals surface area contributed by atoms with E-state index in [4.69, 9.17) is 0 Å². The largest absolute Gasteiger partial charge is 0.478 e. The van der Waals surface area contributed by atoms with Crippen LogP contribution in [0.5, 0.6) is 0 Å². The van der Waals surface area contributed by atoms with Crippen LogP contribution in [0.3, 0.4) is 0 Å². The zero-order chi connectivity index (χ0) is 15.0. The van der Waals surface area contributed by atoms with Gasteiger partial charge in [-0.3, -0.25) is 4.79 Å². The summed E-state index contributed by atoms with van der Waals surface area (Å²) in [6, 6.07) is 6.99. The quantitative estimate of drug-likeness (QED) is 0.941. The van der Waals surface area contributed by atoms with Crippen molar-refractivity contribution in [3.8, 4) is 0 Å². The molecule has 0 aliphatic heterocycles. The average Bonchev–Trinajstić information content (AvgIpc) is 2.92. The van der Waals surface area contributed by atoms with Crippen LogP contribution >= 0.6 is 0 Å². The molecule has 0 saturated heterocycles. The van der Waals surface area contributed by atoms with Crippen LogP contribution in [-0.2, 0) is 19.4 Å². The molecule has 0 saturated carbocycles. The van der Waals surface area contributed by atoms with Gasteiger partial charge in [0.15, 0.2) is 0 Å². The summed E-state index contributed by atoms with van der Waals surface area (Å²) in [4.78, 5) is 23.3. The molecule has 0 unspecified atom stereocenters. The number of benzene rings is 1. The second-order valence-corrected chi connectivity index (χ2v) is 5.19. The molecule has 0 amide bonds. The number of fused-ring (bicyclic) bond motifs is 1. The minimum absolute atomic E-state index is 0.0995. The van der Waals surface area contributed by atoms with Gasteiger partial charge in [-0.25, -0.2) is 9.18 Å². The normalized spacial score (nSPS) is 13.2. The fourth-order valence-electron chi connectivity index (χ4n) is 2.86. The van der Waals surface area contributed by atoms with Crippen molar-refractivity contribution in [2.45, 2.75) is 25.8 Å². The molecule has 1 aliphatic rings. The van der Waals surface area contributed by atoms with E-state index in [9.17, 15) is 19.1 Å². The zero-order valence-corrected chi connectivity index (χ0v) is 11.3. The van der Waals surface area contributed by atoms with E-state index in [0.717, 1.165) is 36.6 Å². The third-order valence-corrected chi connectivity index (χ3v) is 3.88. The minimum Gasteiger partial charge on any atom is -0.478 e. The summed E-state index contributed by atoms with van der Waals surface area (Å²) < 4.78 is 14.8. The van der Waals surface area contributed by atoms with E-state index in [0.29, 0.717) is 5.56 Å². The van der Waals surface area contributed by atoms with Gasteiger partial charge in [0.25, 0.3) is 5.56 Å². The fourth-order valence-corrected chi connectivity index (χ4v) is 2.86. The molecule has 0 radical (unpaired) electrons. The van der Waals surface area contributed by atoms with Gasteiger partial charge in [-0.05, 0) is 42.5 Å². The minimum atomic E-state index is -1.19. The number of pyridine rings is 1. The van der Waals surface area contributed by atoms with Crippen molar-refractivity contribution in [2.75, 3.05) is 0 Å². The molecule has 5 heteroatoms. The van der Waals surface area contributed by atoms with Gasteiger partial charge in [-0.1, -0.05) is 12.1 Å². The smallest absolute Gasteiger partial charge is 0.336 e. The van der Waals surface area contributed by atoms with E-state index >= 15 is 0 Å². The maximum absolute atomic E-state index is 13.2. The number of carbonyl (C=O) groups is 1. The predicted octanol–water partition coefficient (Wildman–Crippen LogP) is 2.22. The summed E-state index contributed by atoms with van der Waals surface area (Å²) in [5, 5.41) is 9.18. The van der Waals surface area contributed by atoms with Crippen molar-refractivity contribution in [3.05, 3.63) is 68.9 Å². The van der Waals surface area contributed by atoms with E-state index in [2.05, 4.69) is 0 Å². The lowest BCUT2D eigenvalue weighted by atomic mass is 10.1. The second kappa shape index (κ2) is 5.16. The highest BCUT2D eigenvalue weighted by molar-refractivity contribution is 5.89. The van der Waals surface area contributed by atoms with E-state index in [-0.39, 0.29) is 17.7 Å². The number of aryl methyl sites for hydroxylation is 1. The summed E-state index contributed by atoms with van der Waals surface area (Å²) in [7, 11) is 0. The Balaban J connectivity index is 2.08. The van der Waals surface area contributed by atoms with Gasteiger partial charge in [-0.15, -0.1) is 0 Å². The van der Waals surface area contributed by atoms with E-state index in [1.165, 1.54) is 18.2 Å². The first-order valence-electron chi connectivity index (χ1n) is 6.79. The van der Waals surface area contributed by atoms with Gasteiger partial charge in [0, 0.05) is 11.8 Å². The monoisotopic (exact) mass is 287 g/mol. The summed E-state index contributed by atoms with van der Waals surface area (Å²) >= 11 is 0. The third kappa shape index (κ3) is 2.46. The summed E-state index contributed by atoms with van der Waals surface area (Å²) in [5.41, 5.74) is 2.27. The lowest BCUT2D eigenvalue weighted by Gasteiger charge is -2.13. The van der Waals surface area contributed by atoms with Crippen molar-refractivity contribution in [1.29, 1.82) is 0 Å². The number of halogens is 1. The van der Waals surface area contributed by atoms with E-state index in [1.807, 2.05) is 6.07 Å². The lowest BCUT2D eigenvalue weighted by molar-refractivity contribution is 0.0695. The molecule has 108 valence electrons. The highest BCUT2D eigenvalue weighted by Crippen LogP contribution is 2.21. The van der Waals surface area contributed by atoms with E-state index < -0.39 is 11.8 Å². The Morgan fingerprint density at radius 1 is 1.24 bits per heavy atom. The Bertz CT molecular complexity index is 780. The number of carboxylic acids is 1. The van der Waals surface area contributed by atoms with Gasteiger partial charge in [0.1, 0.15) is 5.82 Å². The molecule has 0 fully saturated rings. The number of carboxylic acid groups (broad SMARTS) is 1. The fraction of sp³-hybridized carbons (Fsp3) is 0.250. The van der Waals surface area contributed by atoms with Gasteiger partial charge in [0.2, 0.25) is 0 Å². The molecule has 3 rings (SSSR count). The first kappa shape index (κ1) is 13.5. The summed E-state index contributed by atoms with van der Waals surface area (Å²) in [5.74, 6) is -1.79. The number of aromatic carboxylic acids is 1. The van der Waals surface area contributed by atoms with Crippen LogP contribution in [0, 0.1) is 5.82 Å². The predicted molar refractivity (Wildman–Crippen MR) is 75.2 cm³/mol. The van der Waals surface area contributed by atoms with Gasteiger partial charge >= 0.3 is 5.97 Å². The highest BCUT2D eigenvalue weighted by atomic mass is 19.1. The topological polar surface area (TPSA) is 59.3 Å². The maximum Gasteiger partial charge on any atom is 0.336 e. The SMILES string of the molecule is O=C(O)c1cc(F)ccc1Cn1c2c(ccc1=O)CCC2. The molecular weight excluding hydrogens is 273 g/mol. The number of nitrogens with zero attached hydrogens (tertiary/aromatic N) is 1. The number of aromatic nitrogens is 1. The Kier molecular flexibility index (Phi) is 3.33. The maximum atomic E-state index is 13.2. The Labute approximate surface area is 120 Å². The molecule has 1 aliphatic carbocycles. The Morgan fingerprint density at radius 3 is 2.81 bits per heavy atom. The summed E-state index contributed by atoms with van der Waals surface area (Å²) in [6.45, 7) is 0.157. The molecule has 21 heavy (non-hydrogen) atoms.